The van der Waals surface area contributed by atoms with Crippen LogP contribution in [-0.4, -0.2) is 19.1 Å². The maximum absolute atomic E-state index is 11.6. The number of amides is 1. The summed E-state index contributed by atoms with van der Waals surface area (Å²) in [6.45, 7) is 0. The van der Waals surface area contributed by atoms with E-state index in [1.165, 1.54) is 12.8 Å². The number of primary amides is 1. The summed E-state index contributed by atoms with van der Waals surface area (Å²) in [5.41, 5.74) is 6.38. The summed E-state index contributed by atoms with van der Waals surface area (Å²) in [4.78, 5) is 11.6. The molecule has 1 atom stereocenters. The predicted molar refractivity (Wildman–Crippen MR) is 70.3 cm³/mol. The number of rotatable bonds is 5. The van der Waals surface area contributed by atoms with Gasteiger partial charge in [-0.1, -0.05) is 25.0 Å². The van der Waals surface area contributed by atoms with Crippen LogP contribution < -0.4 is 15.8 Å². The van der Waals surface area contributed by atoms with Crippen LogP contribution in [0.15, 0.2) is 24.3 Å². The van der Waals surface area contributed by atoms with E-state index in [4.69, 9.17) is 10.5 Å². The molecule has 1 aromatic rings. The average molecular weight is 248 g/mol. The van der Waals surface area contributed by atoms with Crippen LogP contribution in [-0.2, 0) is 4.79 Å². The molecule has 4 heteroatoms. The van der Waals surface area contributed by atoms with E-state index in [0.29, 0.717) is 6.04 Å². The summed E-state index contributed by atoms with van der Waals surface area (Å²) in [6, 6.07) is 7.47. The summed E-state index contributed by atoms with van der Waals surface area (Å²) in [6.07, 6.45) is 4.71. The van der Waals surface area contributed by atoms with Gasteiger partial charge in [0.15, 0.2) is 0 Å². The van der Waals surface area contributed by atoms with Crippen molar-refractivity contribution in [3.63, 3.8) is 0 Å². The number of benzene rings is 1. The van der Waals surface area contributed by atoms with E-state index >= 15 is 0 Å². The number of carbonyl (C=O) groups is 1. The fourth-order valence-corrected chi connectivity index (χ4v) is 2.47. The highest BCUT2D eigenvalue weighted by Gasteiger charge is 2.23. The zero-order valence-corrected chi connectivity index (χ0v) is 10.7. The molecule has 2 rings (SSSR count). The molecule has 1 saturated carbocycles. The smallest absolute Gasteiger partial charge is 0.239 e. The van der Waals surface area contributed by atoms with E-state index in [1.807, 2.05) is 24.3 Å². The predicted octanol–water partition coefficient (Wildman–Crippen LogP) is 1.75. The van der Waals surface area contributed by atoms with Gasteiger partial charge < -0.3 is 10.5 Å². The Morgan fingerprint density at radius 2 is 1.94 bits per heavy atom. The molecule has 1 aliphatic carbocycles. The molecular weight excluding hydrogens is 228 g/mol. The van der Waals surface area contributed by atoms with Crippen molar-refractivity contribution in [3.8, 4) is 5.75 Å². The molecular formula is C14H20N2O2. The van der Waals surface area contributed by atoms with Crippen LogP contribution in [0.5, 0.6) is 5.75 Å². The van der Waals surface area contributed by atoms with E-state index in [0.717, 1.165) is 24.2 Å². The van der Waals surface area contributed by atoms with E-state index in [-0.39, 0.29) is 5.91 Å². The van der Waals surface area contributed by atoms with Crippen LogP contribution in [0.3, 0.4) is 0 Å². The number of hydrogen-bond donors (Lipinski definition) is 2. The van der Waals surface area contributed by atoms with Crippen molar-refractivity contribution in [2.45, 2.75) is 37.8 Å². The molecule has 0 saturated heterocycles. The van der Waals surface area contributed by atoms with Gasteiger partial charge >= 0.3 is 0 Å². The van der Waals surface area contributed by atoms with Gasteiger partial charge in [0.2, 0.25) is 5.91 Å². The molecule has 18 heavy (non-hydrogen) atoms. The van der Waals surface area contributed by atoms with Crippen molar-refractivity contribution in [3.05, 3.63) is 29.8 Å². The van der Waals surface area contributed by atoms with E-state index in [1.54, 1.807) is 7.11 Å². The molecule has 0 radical (unpaired) electrons. The van der Waals surface area contributed by atoms with Gasteiger partial charge in [-0.2, -0.15) is 0 Å². The first-order valence-electron chi connectivity index (χ1n) is 6.40. The zero-order chi connectivity index (χ0) is 13.0. The van der Waals surface area contributed by atoms with Crippen LogP contribution >= 0.6 is 0 Å². The normalized spacial score (nSPS) is 17.6. The number of ether oxygens (including phenoxy) is 1. The second-order valence-corrected chi connectivity index (χ2v) is 4.76. The first-order chi connectivity index (χ1) is 8.70. The molecule has 1 amide bonds. The summed E-state index contributed by atoms with van der Waals surface area (Å²) in [7, 11) is 1.62. The minimum Gasteiger partial charge on any atom is -0.497 e. The molecule has 3 N–H and O–H groups in total. The third-order valence-corrected chi connectivity index (χ3v) is 3.49. The molecule has 0 spiro atoms. The highest BCUT2D eigenvalue weighted by Crippen LogP contribution is 2.23. The molecule has 4 nitrogen and oxygen atoms in total. The Kier molecular flexibility index (Phi) is 4.20. The Morgan fingerprint density at radius 3 is 2.44 bits per heavy atom. The van der Waals surface area contributed by atoms with Gasteiger partial charge in [0, 0.05) is 6.04 Å². The molecule has 0 bridgehead atoms. The lowest BCUT2D eigenvalue weighted by Gasteiger charge is -2.20. The Morgan fingerprint density at radius 1 is 1.33 bits per heavy atom. The number of nitrogens with two attached hydrogens (primary N) is 1. The van der Waals surface area contributed by atoms with Gasteiger partial charge in [-0.15, -0.1) is 0 Å². The van der Waals surface area contributed by atoms with E-state index in [2.05, 4.69) is 5.32 Å². The fraction of sp³-hybridized carbons (Fsp3) is 0.500. The minimum atomic E-state index is -0.404. The highest BCUT2D eigenvalue weighted by molar-refractivity contribution is 5.81. The van der Waals surface area contributed by atoms with Gasteiger partial charge in [-0.05, 0) is 30.5 Å². The first kappa shape index (κ1) is 12.9. The monoisotopic (exact) mass is 248 g/mol. The Hall–Kier alpha value is -1.55. The van der Waals surface area contributed by atoms with Crippen molar-refractivity contribution < 1.29 is 9.53 Å². The number of methoxy groups -OCH3 is 1. The molecule has 1 aromatic carbocycles. The largest absolute Gasteiger partial charge is 0.497 e. The van der Waals surface area contributed by atoms with Crippen molar-refractivity contribution in [2.24, 2.45) is 5.73 Å². The lowest BCUT2D eigenvalue weighted by Crippen LogP contribution is -2.38. The number of nitrogens with one attached hydrogen (secondary N) is 1. The Balaban J connectivity index is 2.10. The highest BCUT2D eigenvalue weighted by atomic mass is 16.5. The summed E-state index contributed by atoms with van der Waals surface area (Å²) >= 11 is 0. The molecule has 0 heterocycles. The summed E-state index contributed by atoms with van der Waals surface area (Å²) in [5, 5.41) is 3.35. The molecule has 0 aliphatic heterocycles. The maximum Gasteiger partial charge on any atom is 0.239 e. The molecule has 1 fully saturated rings. The standard InChI is InChI=1S/C14H20N2O2/c1-18-12-8-6-10(7-9-12)13(14(15)17)16-11-4-2-3-5-11/h6-9,11,13,16H,2-5H2,1H3,(H2,15,17). The average Bonchev–Trinajstić information content (AvgIpc) is 2.89. The van der Waals surface area contributed by atoms with E-state index in [9.17, 15) is 4.79 Å². The topological polar surface area (TPSA) is 64.3 Å². The Bertz CT molecular complexity index is 397. The molecule has 1 aliphatic rings. The van der Waals surface area contributed by atoms with Crippen LogP contribution in [0.1, 0.15) is 37.3 Å². The van der Waals surface area contributed by atoms with Crippen molar-refractivity contribution in [1.82, 2.24) is 5.32 Å². The van der Waals surface area contributed by atoms with E-state index < -0.39 is 6.04 Å². The second-order valence-electron chi connectivity index (χ2n) is 4.76. The van der Waals surface area contributed by atoms with Crippen molar-refractivity contribution in [2.75, 3.05) is 7.11 Å². The van der Waals surface area contributed by atoms with Gasteiger partial charge in [0.25, 0.3) is 0 Å². The van der Waals surface area contributed by atoms with Crippen LogP contribution in [0.2, 0.25) is 0 Å². The van der Waals surface area contributed by atoms with Crippen molar-refractivity contribution in [1.29, 1.82) is 0 Å². The van der Waals surface area contributed by atoms with Crippen LogP contribution in [0, 0.1) is 0 Å². The van der Waals surface area contributed by atoms with Gasteiger partial charge in [0.05, 0.1) is 7.11 Å². The third-order valence-electron chi connectivity index (χ3n) is 3.49. The number of hydrogen-bond acceptors (Lipinski definition) is 3. The van der Waals surface area contributed by atoms with Crippen LogP contribution in [0.25, 0.3) is 0 Å². The fourth-order valence-electron chi connectivity index (χ4n) is 2.47. The maximum atomic E-state index is 11.6. The molecule has 1 unspecified atom stereocenters. The van der Waals surface area contributed by atoms with Crippen LogP contribution in [0.4, 0.5) is 0 Å². The third kappa shape index (κ3) is 3.01. The number of carbonyl (C=O) groups excluding carboxylic acids is 1. The lowest BCUT2D eigenvalue weighted by molar-refractivity contribution is -0.120. The first-order valence-corrected chi connectivity index (χ1v) is 6.40. The molecule has 0 aromatic heterocycles. The van der Waals surface area contributed by atoms with Gasteiger partial charge in [-0.3, -0.25) is 10.1 Å². The zero-order valence-electron chi connectivity index (χ0n) is 10.7. The summed E-state index contributed by atoms with van der Waals surface area (Å²) in [5.74, 6) is 0.454. The SMILES string of the molecule is COc1ccc(C(NC2CCCC2)C(N)=O)cc1. The Labute approximate surface area is 108 Å². The minimum absolute atomic E-state index is 0.327. The van der Waals surface area contributed by atoms with Gasteiger partial charge in [-0.25, -0.2) is 0 Å². The quantitative estimate of drug-likeness (QED) is 0.834. The second kappa shape index (κ2) is 5.87. The van der Waals surface area contributed by atoms with Crippen molar-refractivity contribution >= 4 is 5.91 Å². The summed E-state index contributed by atoms with van der Waals surface area (Å²) < 4.78 is 5.11. The molecule has 98 valence electrons. The van der Waals surface area contributed by atoms with Gasteiger partial charge in [0.1, 0.15) is 11.8 Å². The lowest BCUT2D eigenvalue weighted by atomic mass is 10.0.